The van der Waals surface area contributed by atoms with Gasteiger partial charge in [0.2, 0.25) is 15.9 Å². The van der Waals surface area contributed by atoms with E-state index >= 15 is 0 Å². The highest BCUT2D eigenvalue weighted by atomic mass is 35.5. The molecule has 1 atom stereocenters. The number of halogens is 1. The Morgan fingerprint density at radius 3 is 2.45 bits per heavy atom. The minimum absolute atomic E-state index is 0.114. The van der Waals surface area contributed by atoms with Gasteiger partial charge in [-0.3, -0.25) is 9.59 Å². The molecule has 1 aliphatic heterocycles. The molecule has 2 aromatic rings. The van der Waals surface area contributed by atoms with E-state index < -0.39 is 10.0 Å². The summed E-state index contributed by atoms with van der Waals surface area (Å²) in [5, 5.41) is 3.48. The van der Waals surface area contributed by atoms with Crippen LogP contribution in [-0.2, 0) is 27.1 Å². The van der Waals surface area contributed by atoms with Crippen LogP contribution in [0.4, 0.5) is 0 Å². The topological polar surface area (TPSA) is 95.6 Å². The number of nitrogens with one attached hydrogen (secondary N) is 2. The number of benzene rings is 2. The highest BCUT2D eigenvalue weighted by Gasteiger charge is 2.29. The minimum Gasteiger partial charge on any atom is -0.352 e. The fourth-order valence-electron chi connectivity index (χ4n) is 3.62. The van der Waals surface area contributed by atoms with Crippen molar-refractivity contribution in [2.24, 2.45) is 5.92 Å². The fraction of sp³-hybridized carbons (Fsp3) is 0.364. The summed E-state index contributed by atoms with van der Waals surface area (Å²) in [6.45, 7) is 1.19. The average molecular weight is 464 g/mol. The van der Waals surface area contributed by atoms with Crippen molar-refractivity contribution in [1.29, 1.82) is 0 Å². The smallest absolute Gasteiger partial charge is 0.253 e. The van der Waals surface area contributed by atoms with Crippen molar-refractivity contribution in [2.45, 2.75) is 25.1 Å². The molecule has 3 rings (SSSR count). The highest BCUT2D eigenvalue weighted by molar-refractivity contribution is 7.88. The van der Waals surface area contributed by atoms with Crippen molar-refractivity contribution in [3.05, 3.63) is 70.2 Å². The number of carbonyl (C=O) groups is 2. The molecule has 1 fully saturated rings. The minimum atomic E-state index is -3.42. The molecule has 2 N–H and O–H groups in total. The Kier molecular flexibility index (Phi) is 7.69. The van der Waals surface area contributed by atoms with Crippen LogP contribution in [0.5, 0.6) is 0 Å². The van der Waals surface area contributed by atoms with Crippen LogP contribution in [0.3, 0.4) is 0 Å². The number of carbonyl (C=O) groups excluding carboxylic acids is 2. The van der Waals surface area contributed by atoms with E-state index in [2.05, 4.69) is 10.0 Å². The van der Waals surface area contributed by atoms with Crippen molar-refractivity contribution >= 4 is 33.4 Å². The largest absolute Gasteiger partial charge is 0.352 e. The Morgan fingerprint density at radius 2 is 1.77 bits per heavy atom. The molecule has 166 valence electrons. The number of hydrogen-bond acceptors (Lipinski definition) is 4. The van der Waals surface area contributed by atoms with E-state index in [4.69, 9.17) is 11.6 Å². The summed E-state index contributed by atoms with van der Waals surface area (Å²) in [5.41, 5.74) is 1.94. The van der Waals surface area contributed by atoms with Gasteiger partial charge in [0.15, 0.2) is 0 Å². The zero-order valence-corrected chi connectivity index (χ0v) is 18.9. The van der Waals surface area contributed by atoms with E-state index in [0.29, 0.717) is 35.7 Å². The van der Waals surface area contributed by atoms with Crippen LogP contribution in [0.1, 0.15) is 34.3 Å². The monoisotopic (exact) mass is 463 g/mol. The van der Waals surface area contributed by atoms with Crippen molar-refractivity contribution in [1.82, 2.24) is 14.9 Å². The van der Waals surface area contributed by atoms with Gasteiger partial charge in [0.25, 0.3) is 5.91 Å². The van der Waals surface area contributed by atoms with Gasteiger partial charge in [-0.1, -0.05) is 35.9 Å². The second-order valence-electron chi connectivity index (χ2n) is 7.55. The quantitative estimate of drug-likeness (QED) is 0.659. The van der Waals surface area contributed by atoms with Gasteiger partial charge in [0.1, 0.15) is 0 Å². The third-order valence-electron chi connectivity index (χ3n) is 5.40. The van der Waals surface area contributed by atoms with E-state index in [1.165, 1.54) is 7.05 Å². The van der Waals surface area contributed by atoms with Gasteiger partial charge in [-0.2, -0.15) is 0 Å². The van der Waals surface area contributed by atoms with E-state index in [-0.39, 0.29) is 30.0 Å². The molecule has 0 bridgehead atoms. The third kappa shape index (κ3) is 6.29. The van der Waals surface area contributed by atoms with Crippen LogP contribution in [0.2, 0.25) is 5.02 Å². The van der Waals surface area contributed by atoms with Crippen molar-refractivity contribution in [2.75, 3.05) is 20.1 Å². The van der Waals surface area contributed by atoms with Crippen LogP contribution in [0.15, 0.2) is 48.5 Å². The Labute approximate surface area is 187 Å². The summed E-state index contributed by atoms with van der Waals surface area (Å²) in [6, 6.07) is 13.8. The van der Waals surface area contributed by atoms with E-state index in [1.54, 1.807) is 47.4 Å². The summed E-state index contributed by atoms with van der Waals surface area (Å²) in [6.07, 6.45) is 1.44. The molecular weight excluding hydrogens is 438 g/mol. The summed E-state index contributed by atoms with van der Waals surface area (Å²) in [5.74, 6) is -0.711. The summed E-state index contributed by atoms with van der Waals surface area (Å²) in [4.78, 5) is 27.2. The number of hydrogen-bond donors (Lipinski definition) is 2. The second kappa shape index (κ2) is 10.3. The maximum atomic E-state index is 12.8. The molecule has 9 heteroatoms. The zero-order chi connectivity index (χ0) is 22.4. The van der Waals surface area contributed by atoms with Crippen LogP contribution < -0.4 is 10.0 Å². The normalized spacial score (nSPS) is 16.7. The molecule has 0 unspecified atom stereocenters. The van der Waals surface area contributed by atoms with Gasteiger partial charge >= 0.3 is 0 Å². The summed E-state index contributed by atoms with van der Waals surface area (Å²) < 4.78 is 26.1. The molecule has 0 aliphatic carbocycles. The average Bonchev–Trinajstić information content (AvgIpc) is 2.78. The lowest BCUT2D eigenvalue weighted by Crippen LogP contribution is -2.45. The molecule has 0 saturated carbocycles. The van der Waals surface area contributed by atoms with Crippen LogP contribution in [0, 0.1) is 5.92 Å². The third-order valence-corrected chi connectivity index (χ3v) is 6.96. The van der Waals surface area contributed by atoms with Crippen molar-refractivity contribution < 1.29 is 18.0 Å². The molecule has 7 nitrogen and oxygen atoms in total. The number of nitrogens with zero attached hydrogens (tertiary/aromatic N) is 1. The van der Waals surface area contributed by atoms with Crippen LogP contribution in [0.25, 0.3) is 0 Å². The van der Waals surface area contributed by atoms with E-state index in [9.17, 15) is 18.0 Å². The molecular formula is C22H26ClN3O4S. The number of amides is 2. The van der Waals surface area contributed by atoms with Crippen molar-refractivity contribution in [3.63, 3.8) is 0 Å². The van der Waals surface area contributed by atoms with E-state index in [0.717, 1.165) is 12.0 Å². The lowest BCUT2D eigenvalue weighted by atomic mass is 9.96. The molecule has 31 heavy (non-hydrogen) atoms. The molecule has 1 saturated heterocycles. The molecule has 1 aliphatic rings. The van der Waals surface area contributed by atoms with E-state index in [1.807, 2.05) is 6.07 Å². The zero-order valence-electron chi connectivity index (χ0n) is 17.3. The Hall–Kier alpha value is -2.42. The number of sulfonamides is 1. The standard InChI is InChI=1S/C22H26ClN3O4S/c1-24-31(29,30)15-19-6-3-2-5-17(19)13-25-21(27)18-7-4-12-26(14-18)22(28)16-8-10-20(23)11-9-16/h2-3,5-6,8-11,18,24H,4,7,12-15H2,1H3,(H,25,27)/t18-/m1/s1. The fourth-order valence-corrected chi connectivity index (χ4v) is 4.59. The van der Waals surface area contributed by atoms with Gasteiger partial charge in [-0.25, -0.2) is 13.1 Å². The molecule has 0 aromatic heterocycles. The first-order valence-electron chi connectivity index (χ1n) is 10.1. The van der Waals surface area contributed by atoms with Crippen molar-refractivity contribution in [3.8, 4) is 0 Å². The predicted octanol–water partition coefficient (Wildman–Crippen LogP) is 2.56. The first-order chi connectivity index (χ1) is 14.8. The van der Waals surface area contributed by atoms with Gasteiger partial charge in [0.05, 0.1) is 11.7 Å². The molecule has 2 aromatic carbocycles. The summed E-state index contributed by atoms with van der Waals surface area (Å²) in [7, 11) is -2.04. The Bertz CT molecular complexity index is 1040. The molecule has 0 spiro atoms. The van der Waals surface area contributed by atoms with Gasteiger partial charge in [-0.05, 0) is 55.3 Å². The molecule has 2 amide bonds. The maximum absolute atomic E-state index is 12.8. The summed E-state index contributed by atoms with van der Waals surface area (Å²) >= 11 is 5.89. The lowest BCUT2D eigenvalue weighted by molar-refractivity contribution is -0.126. The number of likely N-dealkylation sites (tertiary alicyclic amines) is 1. The first kappa shape index (κ1) is 23.2. The highest BCUT2D eigenvalue weighted by Crippen LogP contribution is 2.20. The van der Waals surface area contributed by atoms with Crippen LogP contribution >= 0.6 is 11.6 Å². The maximum Gasteiger partial charge on any atom is 0.253 e. The second-order valence-corrected chi connectivity index (χ2v) is 9.91. The predicted molar refractivity (Wildman–Crippen MR) is 120 cm³/mol. The van der Waals surface area contributed by atoms with Gasteiger partial charge in [-0.15, -0.1) is 0 Å². The Balaban J connectivity index is 1.61. The first-order valence-corrected chi connectivity index (χ1v) is 12.1. The molecule has 1 heterocycles. The van der Waals surface area contributed by atoms with Gasteiger partial charge in [0, 0.05) is 30.2 Å². The number of rotatable bonds is 7. The van der Waals surface area contributed by atoms with Crippen LogP contribution in [-0.4, -0.2) is 45.3 Å². The molecule has 0 radical (unpaired) electrons. The van der Waals surface area contributed by atoms with Gasteiger partial charge < -0.3 is 10.2 Å². The SMILES string of the molecule is CNS(=O)(=O)Cc1ccccc1CNC(=O)[C@@H]1CCCN(C(=O)c2ccc(Cl)cc2)C1. The Morgan fingerprint density at radius 1 is 1.10 bits per heavy atom. The number of piperidine rings is 1. The lowest BCUT2D eigenvalue weighted by Gasteiger charge is -2.32.